The zero-order valence-electron chi connectivity index (χ0n) is 24.0. The van der Waals surface area contributed by atoms with E-state index in [0.29, 0.717) is 44.9 Å². The first-order valence-electron chi connectivity index (χ1n) is 14.8. The Morgan fingerprint density at radius 3 is 2.29 bits per heavy atom. The highest BCUT2D eigenvalue weighted by atomic mass is 16.6. The molecule has 9 nitrogen and oxygen atoms in total. The van der Waals surface area contributed by atoms with E-state index in [2.05, 4.69) is 0 Å². The second-order valence-corrected chi connectivity index (χ2v) is 10.9. The summed E-state index contributed by atoms with van der Waals surface area (Å²) in [5.41, 5.74) is 1.39. The molecule has 0 spiro atoms. The Hall–Kier alpha value is -3.08. The summed E-state index contributed by atoms with van der Waals surface area (Å²) in [6.45, 7) is -0.972. The monoisotopic (exact) mass is 584 g/mol. The first-order valence-corrected chi connectivity index (χ1v) is 14.8. The van der Waals surface area contributed by atoms with Gasteiger partial charge in [-0.2, -0.15) is 0 Å². The van der Waals surface area contributed by atoms with Gasteiger partial charge in [0, 0.05) is 6.42 Å². The lowest BCUT2D eigenvalue weighted by molar-refractivity contribution is -0.134. The minimum atomic E-state index is -0.991. The molecule has 230 valence electrons. The zero-order valence-corrected chi connectivity index (χ0v) is 24.0. The van der Waals surface area contributed by atoms with Crippen molar-refractivity contribution < 1.29 is 44.6 Å². The molecule has 0 saturated heterocycles. The summed E-state index contributed by atoms with van der Waals surface area (Å²) >= 11 is 0. The van der Waals surface area contributed by atoms with E-state index in [1.165, 1.54) is 29.8 Å². The van der Waals surface area contributed by atoms with Crippen LogP contribution in [-0.2, 0) is 16.0 Å². The summed E-state index contributed by atoms with van der Waals surface area (Å²) in [7, 11) is 0. The number of rotatable bonds is 17. The molecule has 0 bridgehead atoms. The molecule has 0 aromatic heterocycles. The predicted molar refractivity (Wildman–Crippen MR) is 157 cm³/mol. The quantitative estimate of drug-likeness (QED) is 0.0815. The van der Waals surface area contributed by atoms with Gasteiger partial charge in [-0.3, -0.25) is 4.79 Å². The standard InChI is InChI=1S/C33H44O9/c34-21-27(22-35)42-33(40)24-13-17-26(18-14-24)41-32(39)11-7-2-1-6-10-28-29(31(38)20-30(28)37)19-16-25(36)15-12-23-8-4-3-5-9-23/h1,3-6,8-9,13-14,17-18,25,27-31,34-38H,2,7,10-12,15-16,19-22H2/b6-1-/t25-,28+,29+,30+,31+/m0/s1. The van der Waals surface area contributed by atoms with Crippen LogP contribution in [0.2, 0.25) is 0 Å². The van der Waals surface area contributed by atoms with Crippen molar-refractivity contribution in [3.8, 4) is 5.75 Å². The first kappa shape index (κ1) is 33.4. The highest BCUT2D eigenvalue weighted by molar-refractivity contribution is 5.89. The Morgan fingerprint density at radius 2 is 1.60 bits per heavy atom. The smallest absolute Gasteiger partial charge is 0.338 e. The van der Waals surface area contributed by atoms with Gasteiger partial charge in [0.25, 0.3) is 0 Å². The topological polar surface area (TPSA) is 154 Å². The fraction of sp³-hybridized carbons (Fsp3) is 0.515. The summed E-state index contributed by atoms with van der Waals surface area (Å²) in [6.07, 6.45) is 6.51. The lowest BCUT2D eigenvalue weighted by Crippen LogP contribution is -2.25. The van der Waals surface area contributed by atoms with Crippen LogP contribution in [0.1, 0.15) is 67.3 Å². The van der Waals surface area contributed by atoms with Gasteiger partial charge in [0.2, 0.25) is 0 Å². The van der Waals surface area contributed by atoms with Gasteiger partial charge in [-0.15, -0.1) is 0 Å². The number of benzene rings is 2. The summed E-state index contributed by atoms with van der Waals surface area (Å²) in [6, 6.07) is 15.9. The third kappa shape index (κ3) is 11.0. The molecule has 5 N–H and O–H groups in total. The van der Waals surface area contributed by atoms with Gasteiger partial charge in [0.1, 0.15) is 11.9 Å². The molecule has 1 aliphatic carbocycles. The van der Waals surface area contributed by atoms with Crippen LogP contribution in [-0.4, -0.2) is 75.1 Å². The van der Waals surface area contributed by atoms with E-state index in [1.54, 1.807) is 0 Å². The molecular weight excluding hydrogens is 540 g/mol. The van der Waals surface area contributed by atoms with Gasteiger partial charge in [-0.05, 0) is 93.0 Å². The third-order valence-electron chi connectivity index (χ3n) is 7.79. The highest BCUT2D eigenvalue weighted by Crippen LogP contribution is 2.38. The molecular formula is C33H44O9. The fourth-order valence-electron chi connectivity index (χ4n) is 5.34. The molecule has 0 unspecified atom stereocenters. The molecule has 3 rings (SSSR count). The van der Waals surface area contributed by atoms with Crippen LogP contribution in [0.4, 0.5) is 0 Å². The molecule has 1 fully saturated rings. The number of esters is 2. The lowest BCUT2D eigenvalue weighted by Gasteiger charge is -2.23. The van der Waals surface area contributed by atoms with Crippen LogP contribution in [0.25, 0.3) is 0 Å². The van der Waals surface area contributed by atoms with Crippen molar-refractivity contribution in [1.29, 1.82) is 0 Å². The number of aliphatic hydroxyl groups is 5. The van der Waals surface area contributed by atoms with E-state index >= 15 is 0 Å². The van der Waals surface area contributed by atoms with E-state index in [0.717, 1.165) is 6.42 Å². The number of carbonyl (C=O) groups excluding carboxylic acids is 2. The van der Waals surface area contributed by atoms with Crippen LogP contribution in [0.15, 0.2) is 66.7 Å². The molecule has 0 amide bonds. The van der Waals surface area contributed by atoms with Crippen molar-refractivity contribution in [2.24, 2.45) is 11.8 Å². The molecule has 1 aliphatic rings. The van der Waals surface area contributed by atoms with Crippen molar-refractivity contribution in [3.05, 3.63) is 77.9 Å². The lowest BCUT2D eigenvalue weighted by atomic mass is 9.85. The van der Waals surface area contributed by atoms with Crippen molar-refractivity contribution in [3.63, 3.8) is 0 Å². The second-order valence-electron chi connectivity index (χ2n) is 10.9. The molecule has 2 aromatic rings. The molecule has 0 heterocycles. The van der Waals surface area contributed by atoms with Crippen molar-refractivity contribution in [2.75, 3.05) is 13.2 Å². The van der Waals surface area contributed by atoms with E-state index in [4.69, 9.17) is 19.7 Å². The highest BCUT2D eigenvalue weighted by Gasteiger charge is 2.40. The SMILES string of the molecule is O=C(CCC/C=C\C[C@@H]1[C@@H](CC[C@@H](O)CCc2ccccc2)[C@H](O)C[C@H]1O)Oc1ccc(C(=O)OC(CO)CO)cc1. The number of ether oxygens (including phenoxy) is 2. The minimum Gasteiger partial charge on any atom is -0.454 e. The Bertz CT molecular complexity index is 1100. The molecule has 42 heavy (non-hydrogen) atoms. The molecule has 1 saturated carbocycles. The zero-order chi connectivity index (χ0) is 30.3. The summed E-state index contributed by atoms with van der Waals surface area (Å²) in [4.78, 5) is 24.2. The van der Waals surface area contributed by atoms with Gasteiger partial charge >= 0.3 is 11.9 Å². The fourth-order valence-corrected chi connectivity index (χ4v) is 5.34. The Labute approximate surface area is 247 Å². The predicted octanol–water partition coefficient (Wildman–Crippen LogP) is 3.35. The number of hydrogen-bond donors (Lipinski definition) is 5. The largest absolute Gasteiger partial charge is 0.454 e. The molecule has 0 aliphatic heterocycles. The van der Waals surface area contributed by atoms with Crippen LogP contribution in [0.3, 0.4) is 0 Å². The number of hydrogen-bond acceptors (Lipinski definition) is 9. The Morgan fingerprint density at radius 1 is 0.905 bits per heavy atom. The molecule has 9 heteroatoms. The van der Waals surface area contributed by atoms with Gasteiger partial charge in [0.15, 0.2) is 0 Å². The number of allylic oxidation sites excluding steroid dienone is 2. The number of aliphatic hydroxyl groups excluding tert-OH is 5. The first-order chi connectivity index (χ1) is 20.3. The molecule has 2 aromatic carbocycles. The second kappa shape index (κ2) is 17.8. The number of unbranched alkanes of at least 4 members (excludes halogenated alkanes) is 1. The number of carbonyl (C=O) groups is 2. The summed E-state index contributed by atoms with van der Waals surface area (Å²) in [5, 5.41) is 49.5. The summed E-state index contributed by atoms with van der Waals surface area (Å²) < 4.78 is 10.3. The van der Waals surface area contributed by atoms with Gasteiger partial charge < -0.3 is 35.0 Å². The normalized spacial score (nSPS) is 21.1. The van der Waals surface area contributed by atoms with E-state index in [1.807, 2.05) is 42.5 Å². The average molecular weight is 585 g/mol. The van der Waals surface area contributed by atoms with Gasteiger partial charge in [0.05, 0.1) is 37.1 Å². The maximum atomic E-state index is 12.2. The maximum Gasteiger partial charge on any atom is 0.338 e. The molecule has 5 atom stereocenters. The van der Waals surface area contributed by atoms with Gasteiger partial charge in [-0.1, -0.05) is 42.5 Å². The Kier molecular flexibility index (Phi) is 14.1. The van der Waals surface area contributed by atoms with Gasteiger partial charge in [-0.25, -0.2) is 4.79 Å². The van der Waals surface area contributed by atoms with Crippen LogP contribution in [0.5, 0.6) is 5.75 Å². The van der Waals surface area contributed by atoms with Crippen molar-refractivity contribution >= 4 is 11.9 Å². The minimum absolute atomic E-state index is 0.0648. The average Bonchev–Trinajstić information content (AvgIpc) is 3.27. The van der Waals surface area contributed by atoms with Crippen LogP contribution >= 0.6 is 0 Å². The summed E-state index contributed by atoms with van der Waals surface area (Å²) in [5.74, 6) is -0.946. The number of aryl methyl sites for hydroxylation is 1. The van der Waals surface area contributed by atoms with E-state index in [-0.39, 0.29) is 29.6 Å². The Balaban J connectivity index is 1.34. The maximum absolute atomic E-state index is 12.2. The van der Waals surface area contributed by atoms with Crippen molar-refractivity contribution in [1.82, 2.24) is 0 Å². The van der Waals surface area contributed by atoms with Crippen LogP contribution in [0, 0.1) is 11.8 Å². The van der Waals surface area contributed by atoms with E-state index < -0.39 is 49.6 Å². The third-order valence-corrected chi connectivity index (χ3v) is 7.79. The van der Waals surface area contributed by atoms with Crippen molar-refractivity contribution in [2.45, 2.75) is 82.2 Å². The van der Waals surface area contributed by atoms with E-state index in [9.17, 15) is 24.9 Å². The van der Waals surface area contributed by atoms with Crippen LogP contribution < -0.4 is 4.74 Å². The molecule has 0 radical (unpaired) electrons.